The molecule has 1 aliphatic rings. The molecule has 1 heterocycles. The highest BCUT2D eigenvalue weighted by molar-refractivity contribution is 5.97. The summed E-state index contributed by atoms with van der Waals surface area (Å²) in [5, 5.41) is 0. The number of ketones is 1. The Morgan fingerprint density at radius 3 is 2.75 bits per heavy atom. The fraction of sp³-hybridized carbons (Fsp3) is 0.650. The summed E-state index contributed by atoms with van der Waals surface area (Å²) in [7, 11) is 3.81. The van der Waals surface area contributed by atoms with Gasteiger partial charge in [0, 0.05) is 44.9 Å². The Morgan fingerprint density at radius 2 is 2.08 bits per heavy atom. The maximum absolute atomic E-state index is 12.8. The third-order valence-electron chi connectivity index (χ3n) is 5.17. The molecule has 1 unspecified atom stereocenters. The number of nitrogens with zero attached hydrogens (tertiary/aromatic N) is 1. The quantitative estimate of drug-likeness (QED) is 0.681. The molecule has 134 valence electrons. The molecule has 1 aromatic carbocycles. The molecule has 24 heavy (non-hydrogen) atoms. The Labute approximate surface area is 146 Å². The molecule has 0 aromatic heterocycles. The second-order valence-corrected chi connectivity index (χ2v) is 6.91. The van der Waals surface area contributed by atoms with Crippen LogP contribution < -0.4 is 0 Å². The highest BCUT2D eigenvalue weighted by Gasteiger charge is 2.21. The Hall–Kier alpha value is -1.23. The predicted octanol–water partition coefficient (Wildman–Crippen LogP) is 3.63. The number of carbonyl (C=O) groups is 1. The average molecular weight is 333 g/mol. The summed E-state index contributed by atoms with van der Waals surface area (Å²) in [6.07, 6.45) is 2.64. The monoisotopic (exact) mass is 333 g/mol. The van der Waals surface area contributed by atoms with E-state index >= 15 is 0 Å². The molecule has 2 rings (SSSR count). The van der Waals surface area contributed by atoms with Gasteiger partial charge in [0.25, 0.3) is 0 Å². The van der Waals surface area contributed by atoms with Crippen molar-refractivity contribution in [2.24, 2.45) is 5.92 Å². The topological polar surface area (TPSA) is 38.8 Å². The van der Waals surface area contributed by atoms with Crippen molar-refractivity contribution < 1.29 is 14.3 Å². The van der Waals surface area contributed by atoms with Crippen LogP contribution in [-0.2, 0) is 9.47 Å². The van der Waals surface area contributed by atoms with Gasteiger partial charge in [-0.05, 0) is 56.8 Å². The van der Waals surface area contributed by atoms with E-state index in [1.165, 1.54) is 5.56 Å². The van der Waals surface area contributed by atoms with Crippen molar-refractivity contribution in [2.45, 2.75) is 39.2 Å². The summed E-state index contributed by atoms with van der Waals surface area (Å²) in [6, 6.07) is 6.56. The highest BCUT2D eigenvalue weighted by atomic mass is 16.5. The Balaban J connectivity index is 2.07. The van der Waals surface area contributed by atoms with Crippen LogP contribution in [0.25, 0.3) is 0 Å². The average Bonchev–Trinajstić information content (AvgIpc) is 2.60. The summed E-state index contributed by atoms with van der Waals surface area (Å²) < 4.78 is 10.6. The SMILES string of the molecule is COCCN(C)C(C)c1ccc(C)c(C(=O)CC2CCOCC2)c1. The second-order valence-electron chi connectivity index (χ2n) is 6.91. The first-order valence-electron chi connectivity index (χ1n) is 8.93. The lowest BCUT2D eigenvalue weighted by Crippen LogP contribution is -2.26. The summed E-state index contributed by atoms with van der Waals surface area (Å²) in [5.74, 6) is 0.740. The molecule has 0 spiro atoms. The van der Waals surface area contributed by atoms with Crippen LogP contribution in [-0.4, -0.2) is 51.2 Å². The lowest BCUT2D eigenvalue weighted by Gasteiger charge is -2.26. The van der Waals surface area contributed by atoms with Gasteiger partial charge in [0.15, 0.2) is 5.78 Å². The van der Waals surface area contributed by atoms with E-state index in [0.29, 0.717) is 18.9 Å². The molecule has 4 heteroatoms. The zero-order valence-electron chi connectivity index (χ0n) is 15.5. The molecule has 0 radical (unpaired) electrons. The predicted molar refractivity (Wildman–Crippen MR) is 96.6 cm³/mol. The Kier molecular flexibility index (Phi) is 7.40. The standard InChI is InChI=1S/C20H31NO3/c1-15-5-6-18(16(2)21(3)9-12-23-4)14-19(15)20(22)13-17-7-10-24-11-8-17/h5-6,14,16-17H,7-13H2,1-4H3. The smallest absolute Gasteiger partial charge is 0.163 e. The zero-order chi connectivity index (χ0) is 17.5. The molecule has 1 atom stereocenters. The van der Waals surface area contributed by atoms with Crippen LogP contribution in [0.1, 0.15) is 53.7 Å². The Morgan fingerprint density at radius 1 is 1.38 bits per heavy atom. The molecule has 0 amide bonds. The van der Waals surface area contributed by atoms with Gasteiger partial charge in [0.2, 0.25) is 0 Å². The number of rotatable bonds is 8. The second kappa shape index (κ2) is 9.30. The van der Waals surface area contributed by atoms with E-state index in [0.717, 1.165) is 43.7 Å². The number of methoxy groups -OCH3 is 1. The summed E-state index contributed by atoms with van der Waals surface area (Å²) in [6.45, 7) is 7.36. The lowest BCUT2D eigenvalue weighted by atomic mass is 9.89. The number of aryl methyl sites for hydroxylation is 1. The molecule has 0 saturated carbocycles. The number of ether oxygens (including phenoxy) is 2. The van der Waals surface area contributed by atoms with Crippen molar-refractivity contribution in [3.05, 3.63) is 34.9 Å². The highest BCUT2D eigenvalue weighted by Crippen LogP contribution is 2.25. The van der Waals surface area contributed by atoms with E-state index in [1.807, 2.05) is 6.92 Å². The number of benzene rings is 1. The van der Waals surface area contributed by atoms with Crippen LogP contribution in [0.3, 0.4) is 0 Å². The van der Waals surface area contributed by atoms with Crippen LogP contribution in [0.5, 0.6) is 0 Å². The number of carbonyl (C=O) groups excluding carboxylic acids is 1. The molecule has 4 nitrogen and oxygen atoms in total. The van der Waals surface area contributed by atoms with E-state index in [-0.39, 0.29) is 11.8 Å². The largest absolute Gasteiger partial charge is 0.383 e. The molecule has 1 fully saturated rings. The van der Waals surface area contributed by atoms with Gasteiger partial charge in [0.1, 0.15) is 0 Å². The number of hydrogen-bond donors (Lipinski definition) is 0. The van der Waals surface area contributed by atoms with Crippen molar-refractivity contribution in [1.29, 1.82) is 0 Å². The van der Waals surface area contributed by atoms with Gasteiger partial charge in [-0.25, -0.2) is 0 Å². The van der Waals surface area contributed by atoms with E-state index in [1.54, 1.807) is 7.11 Å². The van der Waals surface area contributed by atoms with Crippen molar-refractivity contribution in [2.75, 3.05) is 40.5 Å². The van der Waals surface area contributed by atoms with E-state index < -0.39 is 0 Å². The third-order valence-corrected chi connectivity index (χ3v) is 5.17. The lowest BCUT2D eigenvalue weighted by molar-refractivity contribution is 0.0601. The van der Waals surface area contributed by atoms with E-state index in [9.17, 15) is 4.79 Å². The molecule has 1 saturated heterocycles. The molecule has 1 aromatic rings. The minimum atomic E-state index is 0.260. The first-order valence-corrected chi connectivity index (χ1v) is 8.93. The van der Waals surface area contributed by atoms with Gasteiger partial charge in [-0.1, -0.05) is 12.1 Å². The van der Waals surface area contributed by atoms with Crippen LogP contribution >= 0.6 is 0 Å². The minimum absolute atomic E-state index is 0.260. The van der Waals surface area contributed by atoms with Crippen LogP contribution in [0.15, 0.2) is 18.2 Å². The molecular formula is C20H31NO3. The van der Waals surface area contributed by atoms with Gasteiger partial charge in [-0.15, -0.1) is 0 Å². The van der Waals surface area contributed by atoms with E-state index in [2.05, 4.69) is 37.1 Å². The summed E-state index contributed by atoms with van der Waals surface area (Å²) >= 11 is 0. The first-order chi connectivity index (χ1) is 11.5. The van der Waals surface area contributed by atoms with Crippen LogP contribution in [0, 0.1) is 12.8 Å². The third kappa shape index (κ3) is 5.13. The molecular weight excluding hydrogens is 302 g/mol. The van der Waals surface area contributed by atoms with Gasteiger partial charge < -0.3 is 9.47 Å². The van der Waals surface area contributed by atoms with E-state index in [4.69, 9.17) is 9.47 Å². The van der Waals surface area contributed by atoms with Gasteiger partial charge in [-0.2, -0.15) is 0 Å². The first kappa shape index (κ1) is 19.1. The fourth-order valence-electron chi connectivity index (χ4n) is 3.21. The fourth-order valence-corrected chi connectivity index (χ4v) is 3.21. The van der Waals surface area contributed by atoms with Gasteiger partial charge in [-0.3, -0.25) is 9.69 Å². The number of likely N-dealkylation sites (N-methyl/N-ethyl adjacent to an activating group) is 1. The van der Waals surface area contributed by atoms with Crippen LogP contribution in [0.2, 0.25) is 0 Å². The normalized spacial score (nSPS) is 17.2. The minimum Gasteiger partial charge on any atom is -0.383 e. The number of hydrogen-bond acceptors (Lipinski definition) is 4. The van der Waals surface area contributed by atoms with Crippen molar-refractivity contribution >= 4 is 5.78 Å². The Bertz CT molecular complexity index is 538. The van der Waals surface area contributed by atoms with Crippen molar-refractivity contribution in [1.82, 2.24) is 4.90 Å². The maximum atomic E-state index is 12.8. The molecule has 1 aliphatic heterocycles. The maximum Gasteiger partial charge on any atom is 0.163 e. The van der Waals surface area contributed by atoms with Gasteiger partial charge in [0.05, 0.1) is 6.61 Å². The van der Waals surface area contributed by atoms with Crippen molar-refractivity contribution in [3.8, 4) is 0 Å². The summed E-state index contributed by atoms with van der Waals surface area (Å²) in [4.78, 5) is 15.0. The number of Topliss-reactive ketones (excluding diaryl/α,β-unsaturated/α-hetero) is 1. The molecule has 0 bridgehead atoms. The molecule has 0 N–H and O–H groups in total. The summed E-state index contributed by atoms with van der Waals surface area (Å²) in [5.41, 5.74) is 3.14. The van der Waals surface area contributed by atoms with Crippen molar-refractivity contribution in [3.63, 3.8) is 0 Å². The van der Waals surface area contributed by atoms with Crippen LogP contribution in [0.4, 0.5) is 0 Å². The molecule has 0 aliphatic carbocycles. The zero-order valence-corrected chi connectivity index (χ0v) is 15.5. The van der Waals surface area contributed by atoms with Gasteiger partial charge >= 0.3 is 0 Å².